The van der Waals surface area contributed by atoms with Crippen LogP contribution in [0.2, 0.25) is 0 Å². The van der Waals surface area contributed by atoms with Gasteiger partial charge in [0.05, 0.1) is 5.69 Å². The fourth-order valence-electron chi connectivity index (χ4n) is 2.88. The van der Waals surface area contributed by atoms with E-state index in [4.69, 9.17) is 0 Å². The summed E-state index contributed by atoms with van der Waals surface area (Å²) in [6.45, 7) is 4.18. The molecule has 0 aliphatic carbocycles. The lowest BCUT2D eigenvalue weighted by Crippen LogP contribution is -2.51. The third-order valence-electron chi connectivity index (χ3n) is 4.28. The predicted octanol–water partition coefficient (Wildman–Crippen LogP) is 1.99. The zero-order chi connectivity index (χ0) is 17.8. The molecule has 6 nitrogen and oxygen atoms in total. The van der Waals surface area contributed by atoms with E-state index in [0.29, 0.717) is 26.2 Å². The van der Waals surface area contributed by atoms with Crippen LogP contribution >= 0.6 is 0 Å². The van der Waals surface area contributed by atoms with Crippen molar-refractivity contribution < 1.29 is 14.7 Å². The second kappa shape index (κ2) is 7.25. The average Bonchev–Trinajstić information content (AvgIpc) is 2.65. The second-order valence-electron chi connectivity index (χ2n) is 6.09. The number of aromatic hydroxyl groups is 1. The van der Waals surface area contributed by atoms with Gasteiger partial charge in [-0.05, 0) is 36.8 Å². The van der Waals surface area contributed by atoms with Crippen molar-refractivity contribution >= 4 is 23.2 Å². The first-order chi connectivity index (χ1) is 12.0. The molecule has 1 aliphatic heterocycles. The van der Waals surface area contributed by atoms with Crippen molar-refractivity contribution in [1.82, 2.24) is 4.90 Å². The molecule has 0 unspecified atom stereocenters. The van der Waals surface area contributed by atoms with Crippen molar-refractivity contribution in [2.75, 3.05) is 36.4 Å². The molecule has 3 rings (SSSR count). The van der Waals surface area contributed by atoms with E-state index in [0.717, 1.165) is 11.3 Å². The van der Waals surface area contributed by atoms with Gasteiger partial charge in [0.1, 0.15) is 5.75 Å². The SMILES string of the molecule is Cc1ccc(O)c(NC(=O)C(=O)N2CCN(c3ccccc3)CC2)c1. The molecule has 1 fully saturated rings. The Balaban J connectivity index is 1.58. The van der Waals surface area contributed by atoms with Crippen LogP contribution in [0, 0.1) is 6.92 Å². The molecule has 1 heterocycles. The molecule has 0 bridgehead atoms. The summed E-state index contributed by atoms with van der Waals surface area (Å²) in [6.07, 6.45) is 0. The Bertz CT molecular complexity index is 769. The first kappa shape index (κ1) is 16.8. The number of benzene rings is 2. The Morgan fingerprint density at radius 1 is 1.00 bits per heavy atom. The van der Waals surface area contributed by atoms with E-state index in [2.05, 4.69) is 10.2 Å². The van der Waals surface area contributed by atoms with E-state index in [1.807, 2.05) is 37.3 Å². The standard InChI is InChI=1S/C19H21N3O3/c1-14-7-8-17(23)16(13-14)20-18(24)19(25)22-11-9-21(10-12-22)15-5-3-2-4-6-15/h2-8,13,23H,9-12H2,1H3,(H,20,24). The van der Waals surface area contributed by atoms with Gasteiger partial charge in [-0.25, -0.2) is 0 Å². The van der Waals surface area contributed by atoms with Crippen LogP contribution in [0.3, 0.4) is 0 Å². The molecule has 0 radical (unpaired) electrons. The summed E-state index contributed by atoms with van der Waals surface area (Å²) < 4.78 is 0. The van der Waals surface area contributed by atoms with Crippen LogP contribution in [0.1, 0.15) is 5.56 Å². The molecule has 0 saturated carbocycles. The molecule has 1 aliphatic rings. The highest BCUT2D eigenvalue weighted by Crippen LogP contribution is 2.24. The lowest BCUT2D eigenvalue weighted by molar-refractivity contribution is -0.143. The van der Waals surface area contributed by atoms with Gasteiger partial charge in [-0.3, -0.25) is 9.59 Å². The maximum Gasteiger partial charge on any atom is 0.314 e. The molecule has 0 aromatic heterocycles. The van der Waals surface area contributed by atoms with Crippen molar-refractivity contribution in [3.05, 3.63) is 54.1 Å². The van der Waals surface area contributed by atoms with Crippen molar-refractivity contribution in [3.63, 3.8) is 0 Å². The predicted molar refractivity (Wildman–Crippen MR) is 96.7 cm³/mol. The molecular formula is C19H21N3O3. The summed E-state index contributed by atoms with van der Waals surface area (Å²) in [5, 5.41) is 12.3. The van der Waals surface area contributed by atoms with Crippen LogP contribution in [0.5, 0.6) is 5.75 Å². The highest BCUT2D eigenvalue weighted by atomic mass is 16.3. The highest BCUT2D eigenvalue weighted by molar-refractivity contribution is 6.39. The number of hydrogen-bond acceptors (Lipinski definition) is 4. The van der Waals surface area contributed by atoms with E-state index in [1.165, 1.54) is 6.07 Å². The Kier molecular flexibility index (Phi) is 4.88. The maximum atomic E-state index is 12.4. The lowest BCUT2D eigenvalue weighted by atomic mass is 10.2. The molecule has 0 spiro atoms. The van der Waals surface area contributed by atoms with Gasteiger partial charge in [-0.2, -0.15) is 0 Å². The molecule has 0 atom stereocenters. The maximum absolute atomic E-state index is 12.4. The van der Waals surface area contributed by atoms with Gasteiger partial charge >= 0.3 is 11.8 Å². The zero-order valence-electron chi connectivity index (χ0n) is 14.1. The van der Waals surface area contributed by atoms with Crippen LogP contribution < -0.4 is 10.2 Å². The average molecular weight is 339 g/mol. The number of carbonyl (C=O) groups excluding carboxylic acids is 2. The van der Waals surface area contributed by atoms with Crippen molar-refractivity contribution in [2.24, 2.45) is 0 Å². The highest BCUT2D eigenvalue weighted by Gasteiger charge is 2.26. The van der Waals surface area contributed by atoms with Crippen LogP contribution in [-0.2, 0) is 9.59 Å². The van der Waals surface area contributed by atoms with Crippen LogP contribution in [0.25, 0.3) is 0 Å². The van der Waals surface area contributed by atoms with E-state index in [-0.39, 0.29) is 11.4 Å². The summed E-state index contributed by atoms with van der Waals surface area (Å²) in [5.74, 6) is -1.36. The summed E-state index contributed by atoms with van der Waals surface area (Å²) >= 11 is 0. The number of hydrogen-bond donors (Lipinski definition) is 2. The number of para-hydroxylation sites is 1. The summed E-state index contributed by atoms with van der Waals surface area (Å²) in [6, 6.07) is 14.9. The molecule has 130 valence electrons. The quantitative estimate of drug-likeness (QED) is 0.648. The Hall–Kier alpha value is -3.02. The van der Waals surface area contributed by atoms with Gasteiger partial charge < -0.3 is 20.2 Å². The van der Waals surface area contributed by atoms with Crippen molar-refractivity contribution in [3.8, 4) is 5.75 Å². The number of nitrogens with one attached hydrogen (secondary N) is 1. The van der Waals surface area contributed by atoms with Gasteiger partial charge in [0.2, 0.25) is 0 Å². The second-order valence-corrected chi connectivity index (χ2v) is 6.09. The van der Waals surface area contributed by atoms with Crippen LogP contribution in [0.4, 0.5) is 11.4 Å². The number of piperazine rings is 1. The monoisotopic (exact) mass is 339 g/mol. The fraction of sp³-hybridized carbons (Fsp3) is 0.263. The summed E-state index contributed by atoms with van der Waals surface area (Å²) in [4.78, 5) is 28.3. The fourth-order valence-corrected chi connectivity index (χ4v) is 2.88. The number of anilines is 2. The number of amides is 2. The van der Waals surface area contributed by atoms with E-state index in [9.17, 15) is 14.7 Å². The van der Waals surface area contributed by atoms with Gasteiger partial charge in [0.15, 0.2) is 0 Å². The number of nitrogens with zero attached hydrogens (tertiary/aromatic N) is 2. The largest absolute Gasteiger partial charge is 0.506 e. The molecule has 1 saturated heterocycles. The van der Waals surface area contributed by atoms with Crippen molar-refractivity contribution in [1.29, 1.82) is 0 Å². The minimum atomic E-state index is -0.728. The normalized spacial score (nSPS) is 14.3. The minimum absolute atomic E-state index is 0.0550. The third kappa shape index (κ3) is 3.91. The van der Waals surface area contributed by atoms with E-state index < -0.39 is 11.8 Å². The number of aryl methyl sites for hydroxylation is 1. The smallest absolute Gasteiger partial charge is 0.314 e. The molecule has 2 N–H and O–H groups in total. The Morgan fingerprint density at radius 2 is 1.68 bits per heavy atom. The lowest BCUT2D eigenvalue weighted by Gasteiger charge is -2.35. The first-order valence-electron chi connectivity index (χ1n) is 8.24. The molecule has 2 amide bonds. The van der Waals surface area contributed by atoms with Gasteiger partial charge in [0.25, 0.3) is 0 Å². The topological polar surface area (TPSA) is 72.9 Å². The van der Waals surface area contributed by atoms with Crippen LogP contribution in [0.15, 0.2) is 48.5 Å². The van der Waals surface area contributed by atoms with Crippen molar-refractivity contribution in [2.45, 2.75) is 6.92 Å². The molecule has 6 heteroatoms. The number of carbonyl (C=O) groups is 2. The third-order valence-corrected chi connectivity index (χ3v) is 4.28. The number of rotatable bonds is 2. The zero-order valence-corrected chi connectivity index (χ0v) is 14.1. The summed E-state index contributed by atoms with van der Waals surface area (Å²) in [7, 11) is 0. The van der Waals surface area contributed by atoms with Gasteiger partial charge in [0, 0.05) is 31.9 Å². The summed E-state index contributed by atoms with van der Waals surface area (Å²) in [5.41, 5.74) is 2.25. The number of phenols is 1. The Labute approximate surface area is 146 Å². The van der Waals surface area contributed by atoms with Gasteiger partial charge in [-0.1, -0.05) is 24.3 Å². The van der Waals surface area contributed by atoms with Crippen LogP contribution in [-0.4, -0.2) is 48.0 Å². The Morgan fingerprint density at radius 3 is 2.36 bits per heavy atom. The van der Waals surface area contributed by atoms with Gasteiger partial charge in [-0.15, -0.1) is 0 Å². The number of phenolic OH excluding ortho intramolecular Hbond substituents is 1. The first-order valence-corrected chi connectivity index (χ1v) is 8.24. The molecular weight excluding hydrogens is 318 g/mol. The minimum Gasteiger partial charge on any atom is -0.506 e. The molecule has 25 heavy (non-hydrogen) atoms. The van der Waals surface area contributed by atoms with E-state index in [1.54, 1.807) is 17.0 Å². The van der Waals surface area contributed by atoms with E-state index >= 15 is 0 Å². The molecule has 2 aromatic rings. The molecule has 2 aromatic carbocycles.